The van der Waals surface area contributed by atoms with Crippen LogP contribution in [0.15, 0.2) is 12.3 Å². The van der Waals surface area contributed by atoms with Gasteiger partial charge in [0.05, 0.1) is 11.8 Å². The summed E-state index contributed by atoms with van der Waals surface area (Å²) >= 11 is 0. The standard InChI is InChI=1S/C14H18N6O/c15-10-11-3-4-17-18-13(11)20-7-1-2-12(20)14(21)19-8-5-16-6-9-19/h3-4,12,16H,1-2,5-9H2. The van der Waals surface area contributed by atoms with Crippen molar-refractivity contribution >= 4 is 11.7 Å². The number of carbonyl (C=O) groups is 1. The van der Waals surface area contributed by atoms with E-state index in [4.69, 9.17) is 0 Å². The van der Waals surface area contributed by atoms with Crippen molar-refractivity contribution in [1.82, 2.24) is 20.4 Å². The van der Waals surface area contributed by atoms with Crippen LogP contribution in [0, 0.1) is 11.3 Å². The molecule has 3 heterocycles. The number of aromatic nitrogens is 2. The van der Waals surface area contributed by atoms with Crippen LogP contribution in [0.2, 0.25) is 0 Å². The van der Waals surface area contributed by atoms with Crippen LogP contribution in [0.4, 0.5) is 5.82 Å². The Bertz CT molecular complexity index is 563. The monoisotopic (exact) mass is 286 g/mol. The molecule has 2 aliphatic rings. The van der Waals surface area contributed by atoms with E-state index in [9.17, 15) is 10.1 Å². The Morgan fingerprint density at radius 1 is 1.38 bits per heavy atom. The highest BCUT2D eigenvalue weighted by molar-refractivity contribution is 5.86. The van der Waals surface area contributed by atoms with Gasteiger partial charge in [-0.05, 0) is 18.9 Å². The Labute approximate surface area is 123 Å². The second-order valence-electron chi connectivity index (χ2n) is 5.31. The first-order chi connectivity index (χ1) is 10.3. The lowest BCUT2D eigenvalue weighted by molar-refractivity contribution is -0.133. The molecule has 0 bridgehead atoms. The fraction of sp³-hybridized carbons (Fsp3) is 0.571. The highest BCUT2D eigenvalue weighted by Gasteiger charge is 2.35. The van der Waals surface area contributed by atoms with Gasteiger partial charge < -0.3 is 15.1 Å². The molecule has 21 heavy (non-hydrogen) atoms. The highest BCUT2D eigenvalue weighted by atomic mass is 16.2. The quantitative estimate of drug-likeness (QED) is 0.807. The molecule has 1 N–H and O–H groups in total. The zero-order chi connectivity index (χ0) is 14.7. The number of hydrogen-bond donors (Lipinski definition) is 1. The largest absolute Gasteiger partial charge is 0.342 e. The SMILES string of the molecule is N#Cc1ccnnc1N1CCCC1C(=O)N1CCNCC1. The summed E-state index contributed by atoms with van der Waals surface area (Å²) in [5.41, 5.74) is 0.477. The van der Waals surface area contributed by atoms with E-state index in [0.29, 0.717) is 11.4 Å². The number of anilines is 1. The lowest BCUT2D eigenvalue weighted by Crippen LogP contribution is -2.52. The number of rotatable bonds is 2. The number of nitrogens with zero attached hydrogens (tertiary/aromatic N) is 5. The van der Waals surface area contributed by atoms with Crippen molar-refractivity contribution in [3.8, 4) is 6.07 Å². The molecule has 7 heteroatoms. The van der Waals surface area contributed by atoms with Gasteiger partial charge in [-0.15, -0.1) is 5.10 Å². The molecule has 0 aliphatic carbocycles. The van der Waals surface area contributed by atoms with Gasteiger partial charge in [0.2, 0.25) is 5.91 Å². The van der Waals surface area contributed by atoms with E-state index in [2.05, 4.69) is 21.6 Å². The van der Waals surface area contributed by atoms with Crippen molar-refractivity contribution in [3.63, 3.8) is 0 Å². The lowest BCUT2D eigenvalue weighted by Gasteiger charge is -2.33. The number of carbonyl (C=O) groups excluding carboxylic acids is 1. The number of amides is 1. The van der Waals surface area contributed by atoms with Gasteiger partial charge in [0, 0.05) is 32.7 Å². The van der Waals surface area contributed by atoms with Gasteiger partial charge in [0.1, 0.15) is 12.1 Å². The van der Waals surface area contributed by atoms with E-state index in [1.54, 1.807) is 6.07 Å². The van der Waals surface area contributed by atoms with Crippen molar-refractivity contribution in [2.45, 2.75) is 18.9 Å². The molecule has 1 aromatic heterocycles. The van der Waals surface area contributed by atoms with Crippen molar-refractivity contribution in [2.24, 2.45) is 0 Å². The molecule has 0 radical (unpaired) electrons. The summed E-state index contributed by atoms with van der Waals surface area (Å²) in [6.07, 6.45) is 3.25. The van der Waals surface area contributed by atoms with E-state index < -0.39 is 0 Å². The summed E-state index contributed by atoms with van der Waals surface area (Å²) in [5.74, 6) is 0.675. The van der Waals surface area contributed by atoms with Crippen LogP contribution in [0.5, 0.6) is 0 Å². The molecule has 2 saturated heterocycles. The summed E-state index contributed by atoms with van der Waals surface area (Å²) in [6.45, 7) is 3.92. The number of nitrogens with one attached hydrogen (secondary N) is 1. The number of hydrogen-bond acceptors (Lipinski definition) is 6. The predicted octanol–water partition coefficient (Wildman–Crippen LogP) is -0.251. The third-order valence-electron chi connectivity index (χ3n) is 4.06. The highest BCUT2D eigenvalue weighted by Crippen LogP contribution is 2.27. The van der Waals surface area contributed by atoms with E-state index in [1.165, 1.54) is 6.20 Å². The Morgan fingerprint density at radius 3 is 2.95 bits per heavy atom. The minimum absolute atomic E-state index is 0.142. The summed E-state index contributed by atoms with van der Waals surface area (Å²) in [7, 11) is 0. The van der Waals surface area contributed by atoms with Crippen LogP contribution >= 0.6 is 0 Å². The predicted molar refractivity (Wildman–Crippen MR) is 76.6 cm³/mol. The summed E-state index contributed by atoms with van der Waals surface area (Å²) in [6, 6.07) is 3.56. The average molecular weight is 286 g/mol. The molecule has 110 valence electrons. The van der Waals surface area contributed by atoms with Crippen LogP contribution in [0.25, 0.3) is 0 Å². The third kappa shape index (κ3) is 2.67. The first-order valence-electron chi connectivity index (χ1n) is 7.29. The maximum absolute atomic E-state index is 12.7. The fourth-order valence-corrected chi connectivity index (χ4v) is 3.00. The van der Waals surface area contributed by atoms with Gasteiger partial charge in [-0.2, -0.15) is 10.4 Å². The molecule has 3 rings (SSSR count). The van der Waals surface area contributed by atoms with E-state index in [-0.39, 0.29) is 11.9 Å². The van der Waals surface area contributed by atoms with Gasteiger partial charge in [-0.3, -0.25) is 4.79 Å². The number of nitriles is 1. The summed E-state index contributed by atoms with van der Waals surface area (Å²) in [4.78, 5) is 16.6. The first kappa shape index (κ1) is 13.8. The minimum Gasteiger partial charge on any atom is -0.342 e. The van der Waals surface area contributed by atoms with Crippen molar-refractivity contribution in [3.05, 3.63) is 17.8 Å². The first-order valence-corrected chi connectivity index (χ1v) is 7.29. The molecule has 0 saturated carbocycles. The zero-order valence-corrected chi connectivity index (χ0v) is 11.8. The topological polar surface area (TPSA) is 85.1 Å². The normalized spacial score (nSPS) is 22.1. The maximum atomic E-state index is 12.7. The molecule has 2 fully saturated rings. The molecule has 1 atom stereocenters. The lowest BCUT2D eigenvalue weighted by atomic mass is 10.1. The van der Waals surface area contributed by atoms with Crippen LogP contribution < -0.4 is 10.2 Å². The van der Waals surface area contributed by atoms with E-state index in [1.807, 2.05) is 9.80 Å². The molecule has 0 aromatic carbocycles. The van der Waals surface area contributed by atoms with Gasteiger partial charge in [-0.1, -0.05) is 0 Å². The molecule has 1 unspecified atom stereocenters. The second kappa shape index (κ2) is 6.06. The van der Waals surface area contributed by atoms with Crippen LogP contribution in [-0.4, -0.2) is 59.8 Å². The zero-order valence-electron chi connectivity index (χ0n) is 11.8. The maximum Gasteiger partial charge on any atom is 0.245 e. The fourth-order valence-electron chi connectivity index (χ4n) is 3.00. The second-order valence-corrected chi connectivity index (χ2v) is 5.31. The van der Waals surface area contributed by atoms with Gasteiger partial charge in [0.15, 0.2) is 5.82 Å². The van der Waals surface area contributed by atoms with E-state index in [0.717, 1.165) is 45.6 Å². The Kier molecular flexibility index (Phi) is 3.97. The Morgan fingerprint density at radius 2 is 2.19 bits per heavy atom. The Hall–Kier alpha value is -2.20. The van der Waals surface area contributed by atoms with Crippen LogP contribution in [-0.2, 0) is 4.79 Å². The molecule has 1 aromatic rings. The van der Waals surface area contributed by atoms with Crippen molar-refractivity contribution in [2.75, 3.05) is 37.6 Å². The van der Waals surface area contributed by atoms with Crippen LogP contribution in [0.3, 0.4) is 0 Å². The average Bonchev–Trinajstić information content (AvgIpc) is 3.04. The molecule has 1 amide bonds. The molecular formula is C14H18N6O. The molecule has 0 spiro atoms. The van der Waals surface area contributed by atoms with Crippen LogP contribution in [0.1, 0.15) is 18.4 Å². The van der Waals surface area contributed by atoms with E-state index >= 15 is 0 Å². The van der Waals surface area contributed by atoms with Gasteiger partial charge >= 0.3 is 0 Å². The summed E-state index contributed by atoms with van der Waals surface area (Å²) < 4.78 is 0. The van der Waals surface area contributed by atoms with Crippen molar-refractivity contribution in [1.29, 1.82) is 5.26 Å². The van der Waals surface area contributed by atoms with Gasteiger partial charge in [-0.25, -0.2) is 0 Å². The molecule has 7 nitrogen and oxygen atoms in total. The summed E-state index contributed by atoms with van der Waals surface area (Å²) in [5, 5.41) is 20.4. The smallest absolute Gasteiger partial charge is 0.245 e. The van der Waals surface area contributed by atoms with Crippen molar-refractivity contribution < 1.29 is 4.79 Å². The molecular weight excluding hydrogens is 268 g/mol. The van der Waals surface area contributed by atoms with Gasteiger partial charge in [0.25, 0.3) is 0 Å². The minimum atomic E-state index is -0.216. The Balaban J connectivity index is 1.82. The molecule has 2 aliphatic heterocycles. The number of piperazine rings is 1. The third-order valence-corrected chi connectivity index (χ3v) is 4.06.